The fraction of sp³-hybridized carbons (Fsp3) is 0.588. The van der Waals surface area contributed by atoms with E-state index in [1.54, 1.807) is 24.3 Å². The molecule has 5 heteroatoms. The van der Waals surface area contributed by atoms with Gasteiger partial charge in [0.25, 0.3) is 0 Å². The Morgan fingerprint density at radius 3 is 2.32 bits per heavy atom. The SMILES string of the molecule is CCCS(=O)(=O)c1ccc([C@@H](CC2CCCC2)C(=O)O)cc1. The molecule has 22 heavy (non-hydrogen) atoms. The molecule has 0 saturated heterocycles. The molecule has 0 amide bonds. The van der Waals surface area contributed by atoms with Gasteiger partial charge in [-0.2, -0.15) is 0 Å². The summed E-state index contributed by atoms with van der Waals surface area (Å²) < 4.78 is 24.0. The second kappa shape index (κ2) is 7.27. The van der Waals surface area contributed by atoms with Crippen molar-refractivity contribution in [2.24, 2.45) is 5.92 Å². The Balaban J connectivity index is 2.17. The summed E-state index contributed by atoms with van der Waals surface area (Å²) in [4.78, 5) is 11.8. The highest BCUT2D eigenvalue weighted by Gasteiger charge is 2.26. The van der Waals surface area contributed by atoms with Crippen LogP contribution in [0, 0.1) is 5.92 Å². The van der Waals surface area contributed by atoms with Crippen molar-refractivity contribution < 1.29 is 18.3 Å². The summed E-state index contributed by atoms with van der Waals surface area (Å²) in [5.74, 6) is -0.761. The third kappa shape index (κ3) is 4.09. The van der Waals surface area contributed by atoms with E-state index in [1.165, 1.54) is 12.8 Å². The first-order chi connectivity index (χ1) is 10.4. The first-order valence-electron chi connectivity index (χ1n) is 7.99. The molecule has 0 aliphatic heterocycles. The molecule has 1 N–H and O–H groups in total. The Labute approximate surface area is 132 Å². The number of rotatable bonds is 7. The van der Waals surface area contributed by atoms with E-state index in [-0.39, 0.29) is 10.6 Å². The van der Waals surface area contributed by atoms with Gasteiger partial charge in [0.1, 0.15) is 0 Å². The molecule has 0 heterocycles. The van der Waals surface area contributed by atoms with Gasteiger partial charge >= 0.3 is 5.97 Å². The third-order valence-corrected chi connectivity index (χ3v) is 6.39. The van der Waals surface area contributed by atoms with Gasteiger partial charge in [-0.3, -0.25) is 4.79 Å². The largest absolute Gasteiger partial charge is 0.481 e. The zero-order valence-electron chi connectivity index (χ0n) is 13.0. The lowest BCUT2D eigenvalue weighted by molar-refractivity contribution is -0.139. The van der Waals surface area contributed by atoms with Crippen LogP contribution < -0.4 is 0 Å². The van der Waals surface area contributed by atoms with E-state index in [2.05, 4.69) is 0 Å². The van der Waals surface area contributed by atoms with E-state index in [1.807, 2.05) is 6.92 Å². The summed E-state index contributed by atoms with van der Waals surface area (Å²) >= 11 is 0. The molecule has 1 aromatic carbocycles. The van der Waals surface area contributed by atoms with Crippen molar-refractivity contribution >= 4 is 15.8 Å². The van der Waals surface area contributed by atoms with Crippen LogP contribution in [0.4, 0.5) is 0 Å². The lowest BCUT2D eigenvalue weighted by Crippen LogP contribution is -2.15. The maximum atomic E-state index is 12.0. The van der Waals surface area contributed by atoms with Gasteiger partial charge in [-0.25, -0.2) is 8.42 Å². The number of carbonyl (C=O) groups is 1. The second-order valence-corrected chi connectivity index (χ2v) is 8.27. The minimum Gasteiger partial charge on any atom is -0.481 e. The van der Waals surface area contributed by atoms with Gasteiger partial charge in [0.05, 0.1) is 16.6 Å². The van der Waals surface area contributed by atoms with Crippen molar-refractivity contribution in [2.75, 3.05) is 5.75 Å². The van der Waals surface area contributed by atoms with Crippen LogP contribution in [-0.4, -0.2) is 25.2 Å². The Bertz CT molecular complexity index is 598. The van der Waals surface area contributed by atoms with E-state index >= 15 is 0 Å². The van der Waals surface area contributed by atoms with Crippen LogP contribution in [0.5, 0.6) is 0 Å². The fourth-order valence-corrected chi connectivity index (χ4v) is 4.58. The highest BCUT2D eigenvalue weighted by atomic mass is 32.2. The van der Waals surface area contributed by atoms with Crippen LogP contribution in [0.1, 0.15) is 56.9 Å². The lowest BCUT2D eigenvalue weighted by Gasteiger charge is -2.17. The first-order valence-corrected chi connectivity index (χ1v) is 9.64. The summed E-state index contributed by atoms with van der Waals surface area (Å²) in [6.45, 7) is 1.83. The van der Waals surface area contributed by atoms with Crippen molar-refractivity contribution in [2.45, 2.75) is 56.3 Å². The molecule has 1 fully saturated rings. The molecule has 0 unspecified atom stereocenters. The Kier molecular flexibility index (Phi) is 5.62. The number of hydrogen-bond acceptors (Lipinski definition) is 3. The van der Waals surface area contributed by atoms with Crippen molar-refractivity contribution in [3.05, 3.63) is 29.8 Å². The third-order valence-electron chi connectivity index (χ3n) is 4.46. The summed E-state index contributed by atoms with van der Waals surface area (Å²) in [7, 11) is -3.24. The quantitative estimate of drug-likeness (QED) is 0.831. The molecule has 122 valence electrons. The zero-order valence-corrected chi connectivity index (χ0v) is 13.8. The lowest BCUT2D eigenvalue weighted by atomic mass is 9.88. The smallest absolute Gasteiger partial charge is 0.310 e. The second-order valence-electron chi connectivity index (χ2n) is 6.16. The number of sulfone groups is 1. The average Bonchev–Trinajstić information content (AvgIpc) is 2.97. The molecular weight excluding hydrogens is 300 g/mol. The summed E-state index contributed by atoms with van der Waals surface area (Å²) in [5, 5.41) is 9.48. The van der Waals surface area contributed by atoms with Crippen LogP contribution in [-0.2, 0) is 14.6 Å². The van der Waals surface area contributed by atoms with Crippen molar-refractivity contribution in [1.82, 2.24) is 0 Å². The summed E-state index contributed by atoms with van der Waals surface area (Å²) in [6, 6.07) is 6.42. The van der Waals surface area contributed by atoms with E-state index in [0.717, 1.165) is 12.8 Å². The number of benzene rings is 1. The fourth-order valence-electron chi connectivity index (χ4n) is 3.25. The number of aliphatic carboxylic acids is 1. The topological polar surface area (TPSA) is 71.4 Å². The van der Waals surface area contributed by atoms with Gasteiger partial charge in [0.15, 0.2) is 9.84 Å². The molecule has 0 radical (unpaired) electrons. The average molecular weight is 324 g/mol. The van der Waals surface area contributed by atoms with Crippen LogP contribution in [0.25, 0.3) is 0 Å². The van der Waals surface area contributed by atoms with Crippen LogP contribution in [0.15, 0.2) is 29.2 Å². The van der Waals surface area contributed by atoms with Gasteiger partial charge in [0, 0.05) is 0 Å². The van der Waals surface area contributed by atoms with Crippen LogP contribution in [0.2, 0.25) is 0 Å². The molecule has 1 aliphatic carbocycles. The minimum atomic E-state index is -3.24. The van der Waals surface area contributed by atoms with Gasteiger partial charge in [-0.1, -0.05) is 44.7 Å². The monoisotopic (exact) mass is 324 g/mol. The minimum absolute atomic E-state index is 0.122. The Morgan fingerprint density at radius 2 is 1.82 bits per heavy atom. The van der Waals surface area contributed by atoms with Crippen molar-refractivity contribution in [3.8, 4) is 0 Å². The highest BCUT2D eigenvalue weighted by molar-refractivity contribution is 7.91. The molecule has 1 aromatic rings. The van der Waals surface area contributed by atoms with Crippen LogP contribution >= 0.6 is 0 Å². The van der Waals surface area contributed by atoms with Crippen molar-refractivity contribution in [1.29, 1.82) is 0 Å². The highest BCUT2D eigenvalue weighted by Crippen LogP contribution is 2.34. The standard InChI is InChI=1S/C17H24O4S/c1-2-11-22(20,21)15-9-7-14(8-10-15)16(17(18)19)12-13-5-3-4-6-13/h7-10,13,16H,2-6,11-12H2,1H3,(H,18,19)/t16-/m1/s1. The number of carboxylic acid groups (broad SMARTS) is 1. The van der Waals surface area contributed by atoms with Crippen molar-refractivity contribution in [3.63, 3.8) is 0 Å². The van der Waals surface area contributed by atoms with E-state index in [9.17, 15) is 18.3 Å². The van der Waals surface area contributed by atoms with E-state index < -0.39 is 21.7 Å². The maximum Gasteiger partial charge on any atom is 0.310 e. The molecule has 0 spiro atoms. The molecule has 1 saturated carbocycles. The molecule has 2 rings (SSSR count). The Morgan fingerprint density at radius 1 is 1.23 bits per heavy atom. The normalized spacial score (nSPS) is 17.5. The zero-order chi connectivity index (χ0) is 16.2. The summed E-state index contributed by atoms with van der Waals surface area (Å²) in [5.41, 5.74) is 0.704. The van der Waals surface area contributed by atoms with Gasteiger partial charge in [-0.05, 0) is 36.5 Å². The van der Waals surface area contributed by atoms with Gasteiger partial charge < -0.3 is 5.11 Å². The maximum absolute atomic E-state index is 12.0. The van der Waals surface area contributed by atoms with E-state index in [0.29, 0.717) is 24.3 Å². The number of carboxylic acids is 1. The molecule has 0 aromatic heterocycles. The van der Waals surface area contributed by atoms with E-state index in [4.69, 9.17) is 0 Å². The predicted molar refractivity (Wildman–Crippen MR) is 85.7 cm³/mol. The number of hydrogen-bond donors (Lipinski definition) is 1. The molecular formula is C17H24O4S. The first kappa shape index (κ1) is 17.0. The van der Waals surface area contributed by atoms with Crippen LogP contribution in [0.3, 0.4) is 0 Å². The molecule has 4 nitrogen and oxygen atoms in total. The Hall–Kier alpha value is -1.36. The summed E-state index contributed by atoms with van der Waals surface area (Å²) in [6.07, 6.45) is 5.80. The predicted octanol–water partition coefficient (Wildman–Crippen LogP) is 3.62. The molecule has 1 atom stereocenters. The molecule has 0 bridgehead atoms. The molecule has 1 aliphatic rings. The van der Waals surface area contributed by atoms with Gasteiger partial charge in [-0.15, -0.1) is 0 Å². The van der Waals surface area contributed by atoms with Gasteiger partial charge in [0.2, 0.25) is 0 Å².